The van der Waals surface area contributed by atoms with E-state index >= 15 is 0 Å². The number of nitrogens with one attached hydrogen (secondary N) is 1. The van der Waals surface area contributed by atoms with Gasteiger partial charge in [0.2, 0.25) is 0 Å². The monoisotopic (exact) mass is 284 g/mol. The number of thiophene rings is 1. The maximum atomic E-state index is 5.18. The molecule has 0 fully saturated rings. The van der Waals surface area contributed by atoms with E-state index in [1.54, 1.807) is 36.4 Å². The number of hydrogen-bond acceptors (Lipinski definition) is 6. The van der Waals surface area contributed by atoms with Crippen molar-refractivity contribution in [1.82, 2.24) is 20.6 Å². The first kappa shape index (κ1) is 11.2. The van der Waals surface area contributed by atoms with E-state index in [0.29, 0.717) is 5.82 Å². The second kappa shape index (κ2) is 4.46. The highest BCUT2D eigenvalue weighted by atomic mass is 32.1. The van der Waals surface area contributed by atoms with Crippen LogP contribution in [0.4, 0.5) is 0 Å². The average molecular weight is 284 g/mol. The smallest absolute Gasteiger partial charge is 0.189 e. The lowest BCUT2D eigenvalue weighted by Crippen LogP contribution is -1.74. The van der Waals surface area contributed by atoms with Gasteiger partial charge in [0.25, 0.3) is 0 Å². The Morgan fingerprint density at radius 2 is 1.85 bits per heavy atom. The summed E-state index contributed by atoms with van der Waals surface area (Å²) in [4.78, 5) is 2.05. The summed E-state index contributed by atoms with van der Waals surface area (Å²) in [5.74, 6) is 0.648. The third-order valence-corrected chi connectivity index (χ3v) is 4.12. The number of tetrazole rings is 1. The summed E-state index contributed by atoms with van der Waals surface area (Å²) in [7, 11) is 0. The first-order valence-corrected chi connectivity index (χ1v) is 6.66. The lowest BCUT2D eigenvalue weighted by molar-refractivity contribution is 0.567. The Hall–Kier alpha value is -2.67. The molecule has 0 bridgehead atoms. The van der Waals surface area contributed by atoms with Crippen molar-refractivity contribution >= 4 is 11.3 Å². The predicted octanol–water partition coefficient (Wildman–Crippen LogP) is 3.45. The number of aromatic amines is 1. The van der Waals surface area contributed by atoms with E-state index in [-0.39, 0.29) is 0 Å². The predicted molar refractivity (Wildman–Crippen MR) is 72.9 cm³/mol. The van der Waals surface area contributed by atoms with Gasteiger partial charge in [0, 0.05) is 21.6 Å². The molecule has 0 radical (unpaired) electrons. The highest BCUT2D eigenvalue weighted by molar-refractivity contribution is 7.19. The van der Waals surface area contributed by atoms with Crippen LogP contribution in [0.2, 0.25) is 0 Å². The molecule has 6 nitrogen and oxygen atoms in total. The fraction of sp³-hybridized carbons (Fsp3) is 0. The van der Waals surface area contributed by atoms with E-state index in [9.17, 15) is 0 Å². The van der Waals surface area contributed by atoms with Gasteiger partial charge in [-0.3, -0.25) is 0 Å². The van der Waals surface area contributed by atoms with Crippen molar-refractivity contribution in [2.75, 3.05) is 0 Å². The summed E-state index contributed by atoms with van der Waals surface area (Å²) in [6.45, 7) is 0. The Morgan fingerprint density at radius 1 is 1.05 bits per heavy atom. The zero-order chi connectivity index (χ0) is 13.4. The summed E-state index contributed by atoms with van der Waals surface area (Å²) in [5.41, 5.74) is 3.10. The van der Waals surface area contributed by atoms with Gasteiger partial charge >= 0.3 is 0 Å². The Balaban J connectivity index is 1.92. The van der Waals surface area contributed by atoms with Crippen LogP contribution < -0.4 is 0 Å². The fourth-order valence-corrected chi connectivity index (χ4v) is 3.11. The molecule has 0 aliphatic carbocycles. The van der Waals surface area contributed by atoms with Gasteiger partial charge in [0.1, 0.15) is 0 Å². The molecule has 0 aliphatic heterocycles. The van der Waals surface area contributed by atoms with Crippen molar-refractivity contribution in [3.05, 3.63) is 43.3 Å². The molecule has 0 amide bonds. The summed E-state index contributed by atoms with van der Waals surface area (Å²) < 4.78 is 10.4. The topological polar surface area (TPSA) is 80.7 Å². The molecule has 0 saturated carbocycles. The number of hydrogen-bond donors (Lipinski definition) is 1. The van der Waals surface area contributed by atoms with Crippen LogP contribution >= 0.6 is 11.3 Å². The van der Waals surface area contributed by atoms with Crippen molar-refractivity contribution in [3.63, 3.8) is 0 Å². The number of furan rings is 2. The molecule has 7 heteroatoms. The lowest BCUT2D eigenvalue weighted by atomic mass is 10.1. The maximum absolute atomic E-state index is 5.18. The molecule has 0 saturated heterocycles. The molecule has 0 spiro atoms. The van der Waals surface area contributed by atoms with Crippen LogP contribution in [0.5, 0.6) is 0 Å². The van der Waals surface area contributed by atoms with Gasteiger partial charge in [-0.1, -0.05) is 0 Å². The third kappa shape index (κ3) is 1.76. The minimum atomic E-state index is 0.648. The first-order chi connectivity index (χ1) is 9.92. The molecule has 0 unspecified atom stereocenters. The average Bonchev–Trinajstić information content (AvgIpc) is 3.22. The Kier molecular flexibility index (Phi) is 2.49. The summed E-state index contributed by atoms with van der Waals surface area (Å²) >= 11 is 1.60. The van der Waals surface area contributed by atoms with Crippen LogP contribution in [-0.4, -0.2) is 20.6 Å². The zero-order valence-corrected chi connectivity index (χ0v) is 10.9. The molecule has 4 heterocycles. The third-order valence-electron chi connectivity index (χ3n) is 2.93. The second-order valence-electron chi connectivity index (χ2n) is 4.13. The normalized spacial score (nSPS) is 11.0. The molecule has 20 heavy (non-hydrogen) atoms. The molecule has 0 aromatic carbocycles. The summed E-state index contributed by atoms with van der Waals surface area (Å²) in [6, 6.07) is 5.89. The molecule has 0 aliphatic rings. The summed E-state index contributed by atoms with van der Waals surface area (Å²) in [6.07, 6.45) is 6.75. The molecule has 4 rings (SSSR count). The van der Waals surface area contributed by atoms with Crippen molar-refractivity contribution in [2.45, 2.75) is 0 Å². The molecular weight excluding hydrogens is 276 g/mol. The fourth-order valence-electron chi connectivity index (χ4n) is 2.01. The van der Waals surface area contributed by atoms with Crippen LogP contribution in [0.1, 0.15) is 0 Å². The number of aromatic nitrogens is 4. The molecule has 4 aromatic heterocycles. The van der Waals surface area contributed by atoms with Crippen molar-refractivity contribution < 1.29 is 8.83 Å². The largest absolute Gasteiger partial charge is 0.472 e. The van der Waals surface area contributed by atoms with E-state index in [2.05, 4.69) is 20.6 Å². The van der Waals surface area contributed by atoms with Crippen LogP contribution in [-0.2, 0) is 0 Å². The zero-order valence-electron chi connectivity index (χ0n) is 10.1. The van der Waals surface area contributed by atoms with E-state index in [4.69, 9.17) is 8.83 Å². The molecule has 4 aromatic rings. The van der Waals surface area contributed by atoms with Gasteiger partial charge in [0.15, 0.2) is 5.82 Å². The van der Waals surface area contributed by atoms with Gasteiger partial charge in [-0.15, -0.1) is 16.4 Å². The maximum Gasteiger partial charge on any atom is 0.189 e. The van der Waals surface area contributed by atoms with Gasteiger partial charge in [-0.2, -0.15) is 0 Å². The number of nitrogens with zero attached hydrogens (tertiary/aromatic N) is 3. The van der Waals surface area contributed by atoms with Gasteiger partial charge in [-0.25, -0.2) is 5.10 Å². The molecule has 1 N–H and O–H groups in total. The summed E-state index contributed by atoms with van der Waals surface area (Å²) in [5, 5.41) is 13.9. The Morgan fingerprint density at radius 3 is 2.50 bits per heavy atom. The van der Waals surface area contributed by atoms with Crippen LogP contribution in [0.25, 0.3) is 32.3 Å². The molecule has 98 valence electrons. The molecular formula is C13H8N4O2S. The quantitative estimate of drug-likeness (QED) is 0.623. The second-order valence-corrected chi connectivity index (χ2v) is 5.18. The highest BCUT2D eigenvalue weighted by Gasteiger charge is 2.17. The highest BCUT2D eigenvalue weighted by Crippen LogP contribution is 2.42. The minimum Gasteiger partial charge on any atom is -0.472 e. The van der Waals surface area contributed by atoms with Crippen LogP contribution in [0, 0.1) is 0 Å². The van der Waals surface area contributed by atoms with E-state index in [1.807, 2.05) is 18.2 Å². The van der Waals surface area contributed by atoms with Crippen molar-refractivity contribution in [3.8, 4) is 32.3 Å². The van der Waals surface area contributed by atoms with Gasteiger partial charge in [-0.05, 0) is 28.6 Å². The van der Waals surface area contributed by atoms with E-state index in [0.717, 1.165) is 26.4 Å². The number of rotatable bonds is 3. The van der Waals surface area contributed by atoms with Crippen LogP contribution in [0.15, 0.2) is 52.1 Å². The SMILES string of the molecule is c1cc(-c2cc(-c3nnn[nH]3)sc2-c2ccoc2)co1. The minimum absolute atomic E-state index is 0.648. The van der Waals surface area contributed by atoms with Gasteiger partial charge in [0.05, 0.1) is 29.9 Å². The van der Waals surface area contributed by atoms with Crippen molar-refractivity contribution in [1.29, 1.82) is 0 Å². The molecule has 0 atom stereocenters. The Bertz CT molecular complexity index is 749. The van der Waals surface area contributed by atoms with Gasteiger partial charge < -0.3 is 8.83 Å². The van der Waals surface area contributed by atoms with Crippen LogP contribution in [0.3, 0.4) is 0 Å². The van der Waals surface area contributed by atoms with E-state index in [1.165, 1.54) is 0 Å². The number of H-pyrrole nitrogens is 1. The first-order valence-electron chi connectivity index (χ1n) is 5.85. The lowest BCUT2D eigenvalue weighted by Gasteiger charge is -1.96. The Labute approximate surface area is 117 Å². The van der Waals surface area contributed by atoms with E-state index < -0.39 is 0 Å². The van der Waals surface area contributed by atoms with Crippen molar-refractivity contribution in [2.24, 2.45) is 0 Å². The standard InChI is InChI=1S/C13H8N4O2S/c1-3-18-6-8(1)10-5-11(13-14-16-17-15-13)20-12(10)9-2-4-19-7-9/h1-7H,(H,14,15,16,17).